The largest absolute Gasteiger partial charge is 0.347 e. The first-order chi connectivity index (χ1) is 9.08. The molecule has 5 nitrogen and oxygen atoms in total. The molecule has 1 amide bonds. The molecule has 0 aromatic carbocycles. The van der Waals surface area contributed by atoms with Gasteiger partial charge in [-0.15, -0.1) is 0 Å². The number of carbonyl (C=O) groups excluding carboxylic acids is 1. The van der Waals surface area contributed by atoms with Crippen molar-refractivity contribution in [3.05, 3.63) is 36.2 Å². The van der Waals surface area contributed by atoms with Gasteiger partial charge in [0, 0.05) is 17.8 Å². The number of hydrogen-bond acceptors (Lipinski definition) is 3. The van der Waals surface area contributed by atoms with Crippen molar-refractivity contribution in [2.24, 2.45) is 0 Å². The quantitative estimate of drug-likeness (QED) is 0.851. The molecule has 0 spiro atoms. The normalized spacial score (nSPS) is 21.7. The van der Waals surface area contributed by atoms with Crippen molar-refractivity contribution in [1.82, 2.24) is 20.2 Å². The summed E-state index contributed by atoms with van der Waals surface area (Å²) in [5.74, 6) is -0.0344. The van der Waals surface area contributed by atoms with Gasteiger partial charge in [0.05, 0.1) is 17.3 Å². The molecule has 1 fully saturated rings. The number of fused-ring (bicyclic) bond motifs is 1. The monoisotopic (exact) mass is 258 g/mol. The molecule has 3 rings (SSSR count). The molecular weight excluding hydrogens is 240 g/mol. The van der Waals surface area contributed by atoms with Crippen molar-refractivity contribution in [3.63, 3.8) is 0 Å². The van der Waals surface area contributed by atoms with Gasteiger partial charge in [-0.1, -0.05) is 0 Å². The van der Waals surface area contributed by atoms with Gasteiger partial charge >= 0.3 is 0 Å². The van der Waals surface area contributed by atoms with Crippen LogP contribution in [0.3, 0.4) is 0 Å². The highest BCUT2D eigenvalue weighted by atomic mass is 16.1. The molecule has 100 valence electrons. The van der Waals surface area contributed by atoms with Gasteiger partial charge in [0.1, 0.15) is 0 Å². The van der Waals surface area contributed by atoms with Gasteiger partial charge in [0.25, 0.3) is 5.91 Å². The van der Waals surface area contributed by atoms with E-state index >= 15 is 0 Å². The van der Waals surface area contributed by atoms with Gasteiger partial charge in [-0.2, -0.15) is 5.10 Å². The predicted octanol–water partition coefficient (Wildman–Crippen LogP) is 1.20. The maximum atomic E-state index is 12.4. The minimum absolute atomic E-state index is 0.0344. The number of amides is 1. The van der Waals surface area contributed by atoms with E-state index in [-0.39, 0.29) is 17.5 Å². The number of nitrogens with one attached hydrogen (secondary N) is 2. The third-order valence-electron chi connectivity index (χ3n) is 3.87. The van der Waals surface area contributed by atoms with E-state index in [9.17, 15) is 4.79 Å². The molecule has 2 aromatic heterocycles. The standard InChI is InChI=1S/C14H18N4O/c1-14(2)12(6-7-15-14)17-13(19)10-4-3-9-18-11(10)5-8-16-18/h3-5,8-9,12,15H,6-7H2,1-2H3,(H,17,19). The Balaban J connectivity index is 1.86. The van der Waals surface area contributed by atoms with E-state index < -0.39 is 0 Å². The highest BCUT2D eigenvalue weighted by Gasteiger charge is 2.35. The summed E-state index contributed by atoms with van der Waals surface area (Å²) in [4.78, 5) is 12.4. The maximum Gasteiger partial charge on any atom is 0.253 e. The molecule has 1 saturated heterocycles. The molecule has 5 heteroatoms. The van der Waals surface area contributed by atoms with Crippen LogP contribution in [0.5, 0.6) is 0 Å². The zero-order valence-corrected chi connectivity index (χ0v) is 11.2. The number of pyridine rings is 1. The molecule has 0 saturated carbocycles. The first-order valence-electron chi connectivity index (χ1n) is 6.56. The predicted molar refractivity (Wildman–Crippen MR) is 73.1 cm³/mol. The Morgan fingerprint density at radius 3 is 3.11 bits per heavy atom. The first-order valence-corrected chi connectivity index (χ1v) is 6.56. The number of hydrogen-bond donors (Lipinski definition) is 2. The van der Waals surface area contributed by atoms with Crippen LogP contribution < -0.4 is 10.6 Å². The van der Waals surface area contributed by atoms with Crippen molar-refractivity contribution < 1.29 is 4.79 Å². The average molecular weight is 258 g/mol. The van der Waals surface area contributed by atoms with Crippen molar-refractivity contribution in [2.75, 3.05) is 6.54 Å². The lowest BCUT2D eigenvalue weighted by molar-refractivity contribution is 0.0925. The average Bonchev–Trinajstić information content (AvgIpc) is 2.96. The Morgan fingerprint density at radius 2 is 2.37 bits per heavy atom. The number of aromatic nitrogens is 2. The van der Waals surface area contributed by atoms with E-state index in [4.69, 9.17) is 0 Å². The van der Waals surface area contributed by atoms with Crippen molar-refractivity contribution in [3.8, 4) is 0 Å². The van der Waals surface area contributed by atoms with Gasteiger partial charge in [-0.25, -0.2) is 4.52 Å². The van der Waals surface area contributed by atoms with Crippen LogP contribution in [0.25, 0.3) is 5.52 Å². The van der Waals surface area contributed by atoms with Crippen LogP contribution in [0.2, 0.25) is 0 Å². The van der Waals surface area contributed by atoms with Crippen LogP contribution in [-0.2, 0) is 0 Å². The molecule has 2 aromatic rings. The van der Waals surface area contributed by atoms with Crippen LogP contribution in [0, 0.1) is 0 Å². The molecular formula is C14H18N4O. The summed E-state index contributed by atoms with van der Waals surface area (Å²) < 4.78 is 1.72. The summed E-state index contributed by atoms with van der Waals surface area (Å²) in [7, 11) is 0. The van der Waals surface area contributed by atoms with Crippen LogP contribution >= 0.6 is 0 Å². The molecule has 0 radical (unpaired) electrons. The summed E-state index contributed by atoms with van der Waals surface area (Å²) in [6.07, 6.45) is 4.50. The van der Waals surface area contributed by atoms with Crippen LogP contribution in [0.4, 0.5) is 0 Å². The fourth-order valence-electron chi connectivity index (χ4n) is 2.66. The maximum absolute atomic E-state index is 12.4. The van der Waals surface area contributed by atoms with Gasteiger partial charge in [0.15, 0.2) is 0 Å². The van der Waals surface area contributed by atoms with Crippen LogP contribution in [-0.4, -0.2) is 33.6 Å². The topological polar surface area (TPSA) is 58.4 Å². The minimum atomic E-state index is -0.0546. The summed E-state index contributed by atoms with van der Waals surface area (Å²) in [5.41, 5.74) is 1.45. The molecule has 1 unspecified atom stereocenters. The lowest BCUT2D eigenvalue weighted by Crippen LogP contribution is -2.50. The summed E-state index contributed by atoms with van der Waals surface area (Å²) in [6.45, 7) is 5.17. The van der Waals surface area contributed by atoms with Crippen molar-refractivity contribution >= 4 is 11.4 Å². The second-order valence-corrected chi connectivity index (χ2v) is 5.55. The zero-order chi connectivity index (χ0) is 13.5. The van der Waals surface area contributed by atoms with E-state index in [0.29, 0.717) is 5.56 Å². The Bertz CT molecular complexity index is 617. The number of rotatable bonds is 2. The molecule has 0 bridgehead atoms. The molecule has 2 N–H and O–H groups in total. The third-order valence-corrected chi connectivity index (χ3v) is 3.87. The highest BCUT2D eigenvalue weighted by molar-refractivity contribution is 6.00. The van der Waals surface area contributed by atoms with Gasteiger partial charge in [-0.3, -0.25) is 4.79 Å². The summed E-state index contributed by atoms with van der Waals surface area (Å²) >= 11 is 0. The molecule has 1 aliphatic heterocycles. The number of carbonyl (C=O) groups is 1. The lowest BCUT2D eigenvalue weighted by Gasteiger charge is -2.27. The lowest BCUT2D eigenvalue weighted by atomic mass is 9.96. The second-order valence-electron chi connectivity index (χ2n) is 5.55. The van der Waals surface area contributed by atoms with E-state index in [1.165, 1.54) is 0 Å². The Morgan fingerprint density at radius 1 is 1.53 bits per heavy atom. The van der Waals surface area contributed by atoms with E-state index in [1.807, 2.05) is 24.4 Å². The molecule has 1 aliphatic rings. The Labute approximate surface area is 112 Å². The van der Waals surface area contributed by atoms with Crippen molar-refractivity contribution in [1.29, 1.82) is 0 Å². The molecule has 19 heavy (non-hydrogen) atoms. The molecule has 3 heterocycles. The minimum Gasteiger partial charge on any atom is -0.347 e. The summed E-state index contributed by atoms with van der Waals surface area (Å²) in [6, 6.07) is 5.69. The van der Waals surface area contributed by atoms with Crippen LogP contribution in [0.1, 0.15) is 30.6 Å². The van der Waals surface area contributed by atoms with E-state index in [0.717, 1.165) is 18.5 Å². The molecule has 0 aliphatic carbocycles. The van der Waals surface area contributed by atoms with E-state index in [2.05, 4.69) is 29.6 Å². The second kappa shape index (κ2) is 4.35. The zero-order valence-electron chi connectivity index (χ0n) is 11.2. The van der Waals surface area contributed by atoms with Gasteiger partial charge < -0.3 is 10.6 Å². The first kappa shape index (κ1) is 12.2. The Kier molecular flexibility index (Phi) is 2.78. The van der Waals surface area contributed by atoms with Gasteiger partial charge in [0.2, 0.25) is 0 Å². The smallest absolute Gasteiger partial charge is 0.253 e. The molecule has 1 atom stereocenters. The van der Waals surface area contributed by atoms with Crippen LogP contribution in [0.15, 0.2) is 30.6 Å². The third kappa shape index (κ3) is 2.10. The fourth-order valence-corrected chi connectivity index (χ4v) is 2.66. The van der Waals surface area contributed by atoms with E-state index in [1.54, 1.807) is 10.7 Å². The highest BCUT2D eigenvalue weighted by Crippen LogP contribution is 2.19. The number of nitrogens with zero attached hydrogens (tertiary/aromatic N) is 2. The van der Waals surface area contributed by atoms with Crippen molar-refractivity contribution in [2.45, 2.75) is 31.8 Å². The SMILES string of the molecule is CC1(C)NCCC1NC(=O)c1cccn2nccc12. The summed E-state index contributed by atoms with van der Waals surface area (Å²) in [5, 5.41) is 10.7. The fraction of sp³-hybridized carbons (Fsp3) is 0.429. The Hall–Kier alpha value is -1.88. The van der Waals surface area contributed by atoms with Gasteiger partial charge in [-0.05, 0) is 45.0 Å².